The highest BCUT2D eigenvalue weighted by Crippen LogP contribution is 2.26. The maximum absolute atomic E-state index is 13.8. The molecule has 0 fully saturated rings. The minimum absolute atomic E-state index is 0. The number of hydrogen-bond donors (Lipinski definition) is 2. The van der Waals surface area contributed by atoms with Crippen LogP contribution >= 0.6 is 12.4 Å². The van der Waals surface area contributed by atoms with Gasteiger partial charge in [-0.1, -0.05) is 30.3 Å². The molecule has 2 aromatic carbocycles. The van der Waals surface area contributed by atoms with Gasteiger partial charge in [-0.25, -0.2) is 9.18 Å². The first-order chi connectivity index (χ1) is 12.2. The average molecular weight is 374 g/mol. The lowest BCUT2D eigenvalue weighted by Crippen LogP contribution is -2.30. The Morgan fingerprint density at radius 1 is 1.12 bits per heavy atom. The van der Waals surface area contributed by atoms with Crippen molar-refractivity contribution >= 4 is 29.7 Å². The van der Waals surface area contributed by atoms with Crippen molar-refractivity contribution in [3.8, 4) is 0 Å². The Balaban J connectivity index is 0.00000196. The normalized spacial score (nSPS) is 15.7. The lowest BCUT2D eigenvalue weighted by Gasteiger charge is -2.17. The highest BCUT2D eigenvalue weighted by Gasteiger charge is 2.25. The van der Waals surface area contributed by atoms with Crippen molar-refractivity contribution in [1.82, 2.24) is 10.2 Å². The smallest absolute Gasteiger partial charge is 0.316 e. The lowest BCUT2D eigenvalue weighted by atomic mass is 10.0. The number of halogens is 2. The summed E-state index contributed by atoms with van der Waals surface area (Å²) in [6.45, 7) is 2.65. The minimum Gasteiger partial charge on any atom is -0.316 e. The van der Waals surface area contributed by atoms with Gasteiger partial charge in [-0.2, -0.15) is 0 Å². The van der Waals surface area contributed by atoms with E-state index in [9.17, 15) is 9.18 Å². The Morgan fingerprint density at radius 2 is 1.92 bits per heavy atom. The third kappa shape index (κ3) is 3.74. The molecular formula is C20H21ClFN3O. The molecule has 0 spiro atoms. The fraction of sp³-hybridized carbons (Fsp3) is 0.250. The van der Waals surface area contributed by atoms with Crippen molar-refractivity contribution in [2.24, 2.45) is 0 Å². The molecule has 4 nitrogen and oxygen atoms in total. The molecule has 2 aromatic rings. The predicted octanol–water partition coefficient (Wildman–Crippen LogP) is 4.17. The summed E-state index contributed by atoms with van der Waals surface area (Å²) in [6, 6.07) is 12.7. The summed E-state index contributed by atoms with van der Waals surface area (Å²) in [5.41, 5.74) is 4.77. The lowest BCUT2D eigenvalue weighted by molar-refractivity contribution is 0.212. The first kappa shape index (κ1) is 18.4. The Hall–Kier alpha value is -2.37. The second-order valence-corrected chi connectivity index (χ2v) is 6.42. The van der Waals surface area contributed by atoms with E-state index < -0.39 is 0 Å². The van der Waals surface area contributed by atoms with Crippen LogP contribution < -0.4 is 10.6 Å². The van der Waals surface area contributed by atoms with Crippen LogP contribution in [-0.2, 0) is 13.1 Å². The third-order valence-electron chi connectivity index (χ3n) is 4.78. The second kappa shape index (κ2) is 7.89. The first-order valence-electron chi connectivity index (χ1n) is 8.53. The van der Waals surface area contributed by atoms with Crippen LogP contribution in [0.2, 0.25) is 0 Å². The number of amides is 2. The van der Waals surface area contributed by atoms with Crippen molar-refractivity contribution in [2.45, 2.75) is 19.5 Å². The highest BCUT2D eigenvalue weighted by atomic mass is 35.5. The van der Waals surface area contributed by atoms with Gasteiger partial charge >= 0.3 is 6.03 Å². The van der Waals surface area contributed by atoms with Crippen molar-refractivity contribution in [3.63, 3.8) is 0 Å². The number of benzene rings is 2. The third-order valence-corrected chi connectivity index (χ3v) is 4.78. The summed E-state index contributed by atoms with van der Waals surface area (Å²) < 4.78 is 13.8. The minimum atomic E-state index is -0.243. The highest BCUT2D eigenvalue weighted by molar-refractivity contribution is 5.90. The van der Waals surface area contributed by atoms with Gasteiger partial charge in [0.05, 0.1) is 6.54 Å². The molecule has 0 saturated carbocycles. The first-order valence-corrected chi connectivity index (χ1v) is 8.53. The Morgan fingerprint density at radius 3 is 2.62 bits per heavy atom. The molecule has 0 aliphatic carbocycles. The molecule has 26 heavy (non-hydrogen) atoms. The van der Waals surface area contributed by atoms with Crippen LogP contribution in [0.3, 0.4) is 0 Å². The molecule has 0 bridgehead atoms. The van der Waals surface area contributed by atoms with E-state index in [0.717, 1.165) is 30.8 Å². The number of carbonyl (C=O) groups excluding carboxylic acids is 1. The second-order valence-electron chi connectivity index (χ2n) is 6.42. The Kier molecular flexibility index (Phi) is 5.59. The number of rotatable bonds is 2. The molecule has 2 amide bonds. The molecule has 0 aromatic heterocycles. The fourth-order valence-electron chi connectivity index (χ4n) is 3.38. The molecule has 0 atom stereocenters. The monoisotopic (exact) mass is 373 g/mol. The molecular weight excluding hydrogens is 353 g/mol. The zero-order valence-electron chi connectivity index (χ0n) is 14.3. The van der Waals surface area contributed by atoms with Crippen LogP contribution in [0.4, 0.5) is 14.9 Å². The number of anilines is 1. The van der Waals surface area contributed by atoms with Gasteiger partial charge in [-0.3, -0.25) is 0 Å². The van der Waals surface area contributed by atoms with Gasteiger partial charge in [0.2, 0.25) is 0 Å². The zero-order chi connectivity index (χ0) is 17.2. The Labute approximate surface area is 158 Å². The van der Waals surface area contributed by atoms with Gasteiger partial charge < -0.3 is 15.5 Å². The molecule has 4 rings (SSSR count). The van der Waals surface area contributed by atoms with E-state index in [2.05, 4.69) is 16.7 Å². The number of fused-ring (bicyclic) bond motifs is 1. The summed E-state index contributed by atoms with van der Waals surface area (Å²) in [4.78, 5) is 14.1. The van der Waals surface area contributed by atoms with Crippen LogP contribution in [0.5, 0.6) is 0 Å². The molecule has 2 aliphatic heterocycles. The van der Waals surface area contributed by atoms with E-state index in [1.54, 1.807) is 11.0 Å². The van der Waals surface area contributed by atoms with Gasteiger partial charge in [-0.15, -0.1) is 12.4 Å². The number of hydrogen-bond acceptors (Lipinski definition) is 2. The zero-order valence-corrected chi connectivity index (χ0v) is 15.1. The molecule has 0 saturated heterocycles. The van der Waals surface area contributed by atoms with Gasteiger partial charge in [0.25, 0.3) is 0 Å². The molecule has 2 N–H and O–H groups in total. The molecule has 6 heteroatoms. The molecule has 2 aliphatic rings. The topological polar surface area (TPSA) is 44.4 Å². The van der Waals surface area contributed by atoms with Crippen molar-refractivity contribution in [3.05, 3.63) is 71.0 Å². The summed E-state index contributed by atoms with van der Waals surface area (Å²) in [6.07, 6.45) is 3.22. The van der Waals surface area contributed by atoms with Crippen molar-refractivity contribution in [2.75, 3.05) is 18.4 Å². The predicted molar refractivity (Wildman–Crippen MR) is 104 cm³/mol. The van der Waals surface area contributed by atoms with E-state index in [1.165, 1.54) is 17.2 Å². The van der Waals surface area contributed by atoms with Crippen LogP contribution in [0.15, 0.2) is 48.5 Å². The summed E-state index contributed by atoms with van der Waals surface area (Å²) in [5.74, 6) is -0.243. The number of nitrogens with one attached hydrogen (secondary N) is 2. The van der Waals surface area contributed by atoms with Gasteiger partial charge in [0, 0.05) is 24.3 Å². The maximum atomic E-state index is 13.8. The van der Waals surface area contributed by atoms with Gasteiger partial charge in [-0.05, 0) is 47.9 Å². The number of carbonyl (C=O) groups is 1. The SMILES string of the molecule is Cl.O=C(Nc1ccc(C2=CCNCC2)cc1)N1Cc2cccc(F)c2C1. The molecule has 0 radical (unpaired) electrons. The van der Waals surface area contributed by atoms with E-state index >= 15 is 0 Å². The summed E-state index contributed by atoms with van der Waals surface area (Å²) in [5, 5.41) is 6.20. The van der Waals surface area contributed by atoms with E-state index in [4.69, 9.17) is 0 Å². The molecule has 2 heterocycles. The standard InChI is InChI=1S/C20H20FN3O.ClH/c21-19-3-1-2-16-12-24(13-18(16)19)20(25)23-17-6-4-14(5-7-17)15-8-10-22-11-9-15;/h1-8,22H,9-13H2,(H,23,25);1H. The van der Waals surface area contributed by atoms with Crippen LogP contribution in [0.25, 0.3) is 5.57 Å². The summed E-state index contributed by atoms with van der Waals surface area (Å²) >= 11 is 0. The number of nitrogens with zero attached hydrogens (tertiary/aromatic N) is 1. The van der Waals surface area contributed by atoms with E-state index in [-0.39, 0.29) is 24.3 Å². The van der Waals surface area contributed by atoms with Crippen LogP contribution in [-0.4, -0.2) is 24.0 Å². The quantitative estimate of drug-likeness (QED) is 0.829. The van der Waals surface area contributed by atoms with Gasteiger partial charge in [0.1, 0.15) is 5.82 Å². The molecule has 0 unspecified atom stereocenters. The van der Waals surface area contributed by atoms with Crippen molar-refractivity contribution in [1.29, 1.82) is 0 Å². The maximum Gasteiger partial charge on any atom is 0.322 e. The van der Waals surface area contributed by atoms with Crippen LogP contribution in [0.1, 0.15) is 23.1 Å². The fourth-order valence-corrected chi connectivity index (χ4v) is 3.38. The Bertz CT molecular complexity index is 835. The summed E-state index contributed by atoms with van der Waals surface area (Å²) in [7, 11) is 0. The van der Waals surface area contributed by atoms with Gasteiger partial charge in [0.15, 0.2) is 0 Å². The average Bonchev–Trinajstić information content (AvgIpc) is 3.09. The van der Waals surface area contributed by atoms with Crippen molar-refractivity contribution < 1.29 is 9.18 Å². The van der Waals surface area contributed by atoms with Crippen LogP contribution in [0, 0.1) is 5.82 Å². The molecule has 136 valence electrons. The largest absolute Gasteiger partial charge is 0.322 e. The van der Waals surface area contributed by atoms with E-state index in [0.29, 0.717) is 18.7 Å². The van der Waals surface area contributed by atoms with E-state index in [1.807, 2.05) is 30.3 Å². The number of urea groups is 1.